The summed E-state index contributed by atoms with van der Waals surface area (Å²) in [5, 5.41) is 14.8. The topological polar surface area (TPSA) is 105 Å². The lowest BCUT2D eigenvalue weighted by Gasteiger charge is -2.29. The quantitative estimate of drug-likeness (QED) is 0.593. The van der Waals surface area contributed by atoms with Crippen LogP contribution in [0.15, 0.2) is 48.5 Å². The Bertz CT molecular complexity index is 1020. The first kappa shape index (κ1) is 22.8. The number of nitrogens with one attached hydrogen (secondary N) is 2. The fourth-order valence-corrected chi connectivity index (χ4v) is 4.47. The zero-order valence-electron chi connectivity index (χ0n) is 19.1. The number of carboxylic acid groups (broad SMARTS) is 1. The van der Waals surface area contributed by atoms with E-state index in [1.807, 2.05) is 36.4 Å². The highest BCUT2D eigenvalue weighted by atomic mass is 16.5. The molecule has 4 rings (SSSR count). The first-order valence-electron chi connectivity index (χ1n) is 11.3. The Morgan fingerprint density at radius 2 is 1.52 bits per heavy atom. The van der Waals surface area contributed by atoms with Gasteiger partial charge in [-0.05, 0) is 46.4 Å². The second-order valence-electron chi connectivity index (χ2n) is 9.93. The van der Waals surface area contributed by atoms with Crippen molar-refractivity contribution in [3.63, 3.8) is 0 Å². The standard InChI is InChI=1S/C26H30N2O5/c1-26(2,3)22(24(30)31)28-23(29)21(15-12-13-15)27-25(32)33-14-20-18-10-6-4-8-16(18)17-9-5-7-11-19(17)20/h4-11,15,20-22H,12-14H2,1-3H3,(H,27,32)(H,28,29)(H,30,31). The molecule has 0 spiro atoms. The Labute approximate surface area is 193 Å². The minimum atomic E-state index is -1.11. The van der Waals surface area contributed by atoms with E-state index in [4.69, 9.17) is 4.74 Å². The average Bonchev–Trinajstić information content (AvgIpc) is 3.56. The van der Waals surface area contributed by atoms with Crippen LogP contribution in [0.5, 0.6) is 0 Å². The second-order valence-corrected chi connectivity index (χ2v) is 9.93. The van der Waals surface area contributed by atoms with Gasteiger partial charge in [0.15, 0.2) is 0 Å². The number of ether oxygens (including phenoxy) is 1. The molecule has 1 fully saturated rings. The van der Waals surface area contributed by atoms with E-state index in [-0.39, 0.29) is 18.4 Å². The third-order valence-electron chi connectivity index (χ3n) is 6.39. The van der Waals surface area contributed by atoms with Gasteiger partial charge >= 0.3 is 12.1 Å². The zero-order valence-corrected chi connectivity index (χ0v) is 19.1. The maximum Gasteiger partial charge on any atom is 0.407 e. The molecule has 0 bridgehead atoms. The molecule has 2 amide bonds. The maximum absolute atomic E-state index is 12.9. The minimum Gasteiger partial charge on any atom is -0.480 e. The van der Waals surface area contributed by atoms with Crippen molar-refractivity contribution in [2.24, 2.45) is 11.3 Å². The fraction of sp³-hybridized carbons (Fsp3) is 0.423. The highest BCUT2D eigenvalue weighted by Crippen LogP contribution is 2.44. The van der Waals surface area contributed by atoms with E-state index in [1.165, 1.54) is 0 Å². The molecule has 2 aliphatic carbocycles. The van der Waals surface area contributed by atoms with Crippen LogP contribution in [-0.2, 0) is 14.3 Å². The Hall–Kier alpha value is -3.35. The van der Waals surface area contributed by atoms with Crippen molar-refractivity contribution in [1.29, 1.82) is 0 Å². The summed E-state index contributed by atoms with van der Waals surface area (Å²) in [7, 11) is 0. The van der Waals surface area contributed by atoms with Gasteiger partial charge in [0.2, 0.25) is 5.91 Å². The lowest BCUT2D eigenvalue weighted by atomic mass is 9.86. The van der Waals surface area contributed by atoms with Gasteiger partial charge in [-0.2, -0.15) is 0 Å². The molecule has 2 aromatic carbocycles. The molecular formula is C26H30N2O5. The first-order valence-corrected chi connectivity index (χ1v) is 11.3. The molecule has 2 atom stereocenters. The maximum atomic E-state index is 12.9. The van der Waals surface area contributed by atoms with Crippen LogP contribution in [-0.4, -0.2) is 41.8 Å². The number of carboxylic acids is 1. The molecule has 3 N–H and O–H groups in total. The highest BCUT2D eigenvalue weighted by molar-refractivity contribution is 5.90. The summed E-state index contributed by atoms with van der Waals surface area (Å²) in [6.45, 7) is 5.39. The molecular weight excluding hydrogens is 420 g/mol. The van der Waals surface area contributed by atoms with Gasteiger partial charge in [0.05, 0.1) is 0 Å². The Balaban J connectivity index is 1.42. The van der Waals surface area contributed by atoms with Gasteiger partial charge in [-0.3, -0.25) is 4.79 Å². The molecule has 33 heavy (non-hydrogen) atoms. The molecule has 2 unspecified atom stereocenters. The number of hydrogen-bond donors (Lipinski definition) is 3. The Morgan fingerprint density at radius 1 is 0.970 bits per heavy atom. The summed E-state index contributed by atoms with van der Waals surface area (Å²) >= 11 is 0. The number of alkyl carbamates (subject to hydrolysis) is 1. The zero-order chi connectivity index (χ0) is 23.8. The smallest absolute Gasteiger partial charge is 0.407 e. The summed E-state index contributed by atoms with van der Waals surface area (Å²) in [5.41, 5.74) is 3.83. The van der Waals surface area contributed by atoms with Crippen molar-refractivity contribution in [2.45, 2.75) is 51.6 Å². The number of rotatable bonds is 7. The minimum absolute atomic E-state index is 0.0140. The van der Waals surface area contributed by atoms with E-state index in [0.29, 0.717) is 0 Å². The molecule has 0 heterocycles. The van der Waals surface area contributed by atoms with Gasteiger partial charge in [0, 0.05) is 5.92 Å². The molecule has 0 radical (unpaired) electrons. The third kappa shape index (κ3) is 4.87. The van der Waals surface area contributed by atoms with E-state index >= 15 is 0 Å². The van der Waals surface area contributed by atoms with E-state index in [1.54, 1.807) is 20.8 Å². The molecule has 1 saturated carbocycles. The van der Waals surface area contributed by atoms with Crippen molar-refractivity contribution in [1.82, 2.24) is 10.6 Å². The lowest BCUT2D eigenvalue weighted by Crippen LogP contribution is -2.56. The van der Waals surface area contributed by atoms with E-state index < -0.39 is 35.5 Å². The molecule has 7 heteroatoms. The van der Waals surface area contributed by atoms with Gasteiger partial charge in [0.1, 0.15) is 18.7 Å². The number of carbonyl (C=O) groups excluding carboxylic acids is 2. The lowest BCUT2D eigenvalue weighted by molar-refractivity contribution is -0.145. The summed E-state index contributed by atoms with van der Waals surface area (Å²) in [5.74, 6) is -1.69. The van der Waals surface area contributed by atoms with Crippen LogP contribution in [0, 0.1) is 11.3 Å². The second kappa shape index (κ2) is 8.89. The normalized spacial score (nSPS) is 16.8. The largest absolute Gasteiger partial charge is 0.480 e. The van der Waals surface area contributed by atoms with E-state index in [9.17, 15) is 19.5 Å². The highest BCUT2D eigenvalue weighted by Gasteiger charge is 2.41. The summed E-state index contributed by atoms with van der Waals surface area (Å²) in [6.07, 6.45) is 0.927. The molecule has 174 valence electrons. The van der Waals surface area contributed by atoms with Crippen LogP contribution in [0.3, 0.4) is 0 Å². The van der Waals surface area contributed by atoms with Crippen LogP contribution >= 0.6 is 0 Å². The van der Waals surface area contributed by atoms with Crippen LogP contribution in [0.25, 0.3) is 11.1 Å². The number of benzene rings is 2. The van der Waals surface area contributed by atoms with E-state index in [2.05, 4.69) is 22.8 Å². The number of aliphatic carboxylic acids is 1. The van der Waals surface area contributed by atoms with Gasteiger partial charge in [-0.1, -0.05) is 69.3 Å². The summed E-state index contributed by atoms with van der Waals surface area (Å²) in [6, 6.07) is 14.3. The number of amides is 2. The van der Waals surface area contributed by atoms with Crippen LogP contribution < -0.4 is 10.6 Å². The monoisotopic (exact) mass is 450 g/mol. The summed E-state index contributed by atoms with van der Waals surface area (Å²) in [4.78, 5) is 37.2. The van der Waals surface area contributed by atoms with Crippen molar-refractivity contribution in [2.75, 3.05) is 6.61 Å². The van der Waals surface area contributed by atoms with Gasteiger partial charge in [-0.15, -0.1) is 0 Å². The van der Waals surface area contributed by atoms with Crippen molar-refractivity contribution < 1.29 is 24.2 Å². The predicted molar refractivity (Wildman–Crippen MR) is 124 cm³/mol. The molecule has 0 saturated heterocycles. The fourth-order valence-electron chi connectivity index (χ4n) is 4.47. The van der Waals surface area contributed by atoms with Gasteiger partial charge in [0.25, 0.3) is 0 Å². The Kier molecular flexibility index (Phi) is 6.15. The first-order chi connectivity index (χ1) is 15.7. The predicted octanol–water partition coefficient (Wildman–Crippen LogP) is 3.92. The van der Waals surface area contributed by atoms with Crippen LogP contribution in [0.4, 0.5) is 4.79 Å². The number of carbonyl (C=O) groups is 3. The number of hydrogen-bond acceptors (Lipinski definition) is 4. The van der Waals surface area contributed by atoms with Crippen molar-refractivity contribution in [3.05, 3.63) is 59.7 Å². The van der Waals surface area contributed by atoms with Crippen molar-refractivity contribution in [3.8, 4) is 11.1 Å². The SMILES string of the molecule is CC(C)(C)C(NC(=O)C(NC(=O)OCC1c2ccccc2-c2ccccc21)C1CC1)C(=O)O. The molecule has 0 aromatic heterocycles. The third-order valence-corrected chi connectivity index (χ3v) is 6.39. The summed E-state index contributed by atoms with van der Waals surface area (Å²) < 4.78 is 5.57. The molecule has 7 nitrogen and oxygen atoms in total. The number of fused-ring (bicyclic) bond motifs is 3. The average molecular weight is 451 g/mol. The molecule has 2 aliphatic rings. The Morgan fingerprint density at radius 3 is 2.00 bits per heavy atom. The van der Waals surface area contributed by atoms with Crippen molar-refractivity contribution >= 4 is 18.0 Å². The van der Waals surface area contributed by atoms with E-state index in [0.717, 1.165) is 35.1 Å². The van der Waals surface area contributed by atoms with Crippen LogP contribution in [0.2, 0.25) is 0 Å². The van der Waals surface area contributed by atoms with Gasteiger partial charge < -0.3 is 20.5 Å². The molecule has 0 aliphatic heterocycles. The van der Waals surface area contributed by atoms with Crippen LogP contribution in [0.1, 0.15) is 50.7 Å². The van der Waals surface area contributed by atoms with Gasteiger partial charge in [-0.25, -0.2) is 9.59 Å². The molecule has 2 aromatic rings.